The van der Waals surface area contributed by atoms with Crippen LogP contribution in [0.1, 0.15) is 5.56 Å². The van der Waals surface area contributed by atoms with Gasteiger partial charge in [0.2, 0.25) is 0 Å². The summed E-state index contributed by atoms with van der Waals surface area (Å²) in [5.74, 6) is 0.760. The molecule has 2 nitrogen and oxygen atoms in total. The van der Waals surface area contributed by atoms with E-state index in [0.717, 1.165) is 11.3 Å². The van der Waals surface area contributed by atoms with Crippen LogP contribution in [0.25, 0.3) is 0 Å². The summed E-state index contributed by atoms with van der Waals surface area (Å²) in [7, 11) is 0. The predicted octanol–water partition coefficient (Wildman–Crippen LogP) is 2.86. The van der Waals surface area contributed by atoms with Gasteiger partial charge in [-0.25, -0.2) is 0 Å². The summed E-state index contributed by atoms with van der Waals surface area (Å²) in [6, 6.07) is 3.51. The monoisotopic (exact) mass is 204 g/mol. The fourth-order valence-corrected chi connectivity index (χ4v) is 1.48. The quantitative estimate of drug-likeness (QED) is 0.648. The Balaban J connectivity index is 2.54. The van der Waals surface area contributed by atoms with Crippen molar-refractivity contribution in [3.8, 4) is 5.75 Å². The molecule has 0 radical (unpaired) electrons. The molecule has 1 aliphatic rings. The zero-order chi connectivity index (χ0) is 8.55. The van der Waals surface area contributed by atoms with Gasteiger partial charge in [0, 0.05) is 5.56 Å². The van der Waals surface area contributed by atoms with Crippen LogP contribution in [0.5, 0.6) is 5.75 Å². The molecule has 0 saturated carbocycles. The van der Waals surface area contributed by atoms with Gasteiger partial charge in [-0.05, 0) is 12.1 Å². The molecule has 0 unspecified atom stereocenters. The zero-order valence-corrected chi connectivity index (χ0v) is 7.65. The summed E-state index contributed by atoms with van der Waals surface area (Å²) < 4.78 is 10.3. The van der Waals surface area contributed by atoms with Crippen molar-refractivity contribution in [2.45, 2.75) is 6.61 Å². The Labute approximate surface area is 80.0 Å². The van der Waals surface area contributed by atoms with Crippen molar-refractivity contribution in [3.63, 3.8) is 0 Å². The Kier molecular flexibility index (Phi) is 2.13. The fraction of sp³-hybridized carbons (Fsp3) is 0.250. The van der Waals surface area contributed by atoms with E-state index >= 15 is 0 Å². The largest absolute Gasteiger partial charge is 0.467 e. The Morgan fingerprint density at radius 3 is 2.92 bits per heavy atom. The molecule has 1 aliphatic heterocycles. The molecule has 0 amide bonds. The molecule has 1 aromatic carbocycles. The van der Waals surface area contributed by atoms with Crippen LogP contribution >= 0.6 is 23.2 Å². The highest BCUT2D eigenvalue weighted by Gasteiger charge is 2.15. The highest BCUT2D eigenvalue weighted by Crippen LogP contribution is 2.35. The summed E-state index contributed by atoms with van der Waals surface area (Å²) in [4.78, 5) is 0. The van der Waals surface area contributed by atoms with Gasteiger partial charge in [0.05, 0.1) is 16.7 Å². The van der Waals surface area contributed by atoms with E-state index in [9.17, 15) is 0 Å². The topological polar surface area (TPSA) is 18.5 Å². The standard InChI is InChI=1S/C8H6Cl2O2/c9-6-1-2-7-5(8(6)10)3-11-4-12-7/h1-2H,3-4H2. The smallest absolute Gasteiger partial charge is 0.189 e. The van der Waals surface area contributed by atoms with Crippen molar-refractivity contribution in [2.75, 3.05) is 6.79 Å². The van der Waals surface area contributed by atoms with Gasteiger partial charge < -0.3 is 9.47 Å². The van der Waals surface area contributed by atoms with E-state index in [4.69, 9.17) is 32.7 Å². The molecule has 0 atom stereocenters. The summed E-state index contributed by atoms with van der Waals surface area (Å²) >= 11 is 11.7. The molecule has 0 N–H and O–H groups in total. The lowest BCUT2D eigenvalue weighted by Gasteiger charge is -2.18. The van der Waals surface area contributed by atoms with Crippen LogP contribution in [0.4, 0.5) is 0 Å². The fourth-order valence-electron chi connectivity index (χ4n) is 1.09. The van der Waals surface area contributed by atoms with E-state index in [1.54, 1.807) is 12.1 Å². The van der Waals surface area contributed by atoms with Gasteiger partial charge in [-0.2, -0.15) is 0 Å². The lowest BCUT2D eigenvalue weighted by atomic mass is 10.2. The Hall–Kier alpha value is -0.440. The maximum Gasteiger partial charge on any atom is 0.189 e. The van der Waals surface area contributed by atoms with Crippen molar-refractivity contribution in [1.82, 2.24) is 0 Å². The molecule has 2 rings (SSSR count). The lowest BCUT2D eigenvalue weighted by Crippen LogP contribution is -2.11. The minimum atomic E-state index is 0.283. The van der Waals surface area contributed by atoms with Gasteiger partial charge in [0.25, 0.3) is 0 Å². The van der Waals surface area contributed by atoms with Gasteiger partial charge in [-0.15, -0.1) is 0 Å². The van der Waals surface area contributed by atoms with Crippen LogP contribution in [-0.2, 0) is 11.3 Å². The van der Waals surface area contributed by atoms with Crippen LogP contribution in [0.15, 0.2) is 12.1 Å². The normalized spacial score (nSPS) is 15.2. The van der Waals surface area contributed by atoms with Crippen LogP contribution in [0.3, 0.4) is 0 Å². The first-order valence-electron chi connectivity index (χ1n) is 3.46. The summed E-state index contributed by atoms with van der Waals surface area (Å²) in [5, 5.41) is 1.05. The number of benzene rings is 1. The number of halogens is 2. The Bertz CT molecular complexity index is 312. The second-order valence-corrected chi connectivity index (χ2v) is 3.23. The molecular formula is C8H6Cl2O2. The summed E-state index contributed by atoms with van der Waals surface area (Å²) in [6.07, 6.45) is 0. The molecule has 0 bridgehead atoms. The first kappa shape index (κ1) is 8.17. The van der Waals surface area contributed by atoms with E-state index in [2.05, 4.69) is 0 Å². The number of hydrogen-bond donors (Lipinski definition) is 0. The molecular weight excluding hydrogens is 199 g/mol. The van der Waals surface area contributed by atoms with E-state index < -0.39 is 0 Å². The maximum atomic E-state index is 5.92. The van der Waals surface area contributed by atoms with Crippen LogP contribution in [0.2, 0.25) is 10.0 Å². The third kappa shape index (κ3) is 1.26. The third-order valence-corrected chi connectivity index (χ3v) is 2.54. The highest BCUT2D eigenvalue weighted by atomic mass is 35.5. The van der Waals surface area contributed by atoms with E-state index in [-0.39, 0.29) is 6.79 Å². The van der Waals surface area contributed by atoms with Crippen LogP contribution in [-0.4, -0.2) is 6.79 Å². The second-order valence-electron chi connectivity index (χ2n) is 2.45. The van der Waals surface area contributed by atoms with Gasteiger partial charge in [-0.3, -0.25) is 0 Å². The minimum absolute atomic E-state index is 0.283. The van der Waals surface area contributed by atoms with E-state index in [1.807, 2.05) is 0 Å². The maximum absolute atomic E-state index is 5.92. The Morgan fingerprint density at radius 2 is 2.08 bits per heavy atom. The highest BCUT2D eigenvalue weighted by molar-refractivity contribution is 6.42. The molecule has 0 aromatic heterocycles. The van der Waals surface area contributed by atoms with Gasteiger partial charge in [0.15, 0.2) is 6.79 Å². The van der Waals surface area contributed by atoms with Crippen molar-refractivity contribution >= 4 is 23.2 Å². The third-order valence-electron chi connectivity index (χ3n) is 1.70. The molecule has 0 aliphatic carbocycles. The molecule has 0 saturated heterocycles. The van der Waals surface area contributed by atoms with Gasteiger partial charge in [-0.1, -0.05) is 23.2 Å². The summed E-state index contributed by atoms with van der Waals surface area (Å²) in [6.45, 7) is 0.750. The first-order valence-corrected chi connectivity index (χ1v) is 4.22. The Morgan fingerprint density at radius 1 is 1.25 bits per heavy atom. The van der Waals surface area contributed by atoms with Crippen LogP contribution in [0, 0.1) is 0 Å². The zero-order valence-electron chi connectivity index (χ0n) is 6.14. The molecule has 0 spiro atoms. The predicted molar refractivity (Wildman–Crippen MR) is 46.7 cm³/mol. The van der Waals surface area contributed by atoms with Crippen molar-refractivity contribution in [2.24, 2.45) is 0 Å². The van der Waals surface area contributed by atoms with E-state index in [0.29, 0.717) is 16.7 Å². The average molecular weight is 205 g/mol. The van der Waals surface area contributed by atoms with Crippen molar-refractivity contribution < 1.29 is 9.47 Å². The molecule has 4 heteroatoms. The van der Waals surface area contributed by atoms with Gasteiger partial charge >= 0.3 is 0 Å². The van der Waals surface area contributed by atoms with Gasteiger partial charge in [0.1, 0.15) is 5.75 Å². The molecule has 0 fully saturated rings. The molecule has 1 heterocycles. The number of ether oxygens (including phenoxy) is 2. The van der Waals surface area contributed by atoms with Crippen molar-refractivity contribution in [3.05, 3.63) is 27.7 Å². The number of fused-ring (bicyclic) bond motifs is 1. The minimum Gasteiger partial charge on any atom is -0.467 e. The van der Waals surface area contributed by atoms with E-state index in [1.165, 1.54) is 0 Å². The summed E-state index contributed by atoms with van der Waals surface area (Å²) in [5.41, 5.74) is 0.829. The van der Waals surface area contributed by atoms with Crippen molar-refractivity contribution in [1.29, 1.82) is 0 Å². The average Bonchev–Trinajstić information content (AvgIpc) is 2.12. The lowest BCUT2D eigenvalue weighted by molar-refractivity contribution is -0.0162. The number of rotatable bonds is 0. The molecule has 64 valence electrons. The van der Waals surface area contributed by atoms with Crippen LogP contribution < -0.4 is 4.74 Å². The number of hydrogen-bond acceptors (Lipinski definition) is 2. The molecule has 12 heavy (non-hydrogen) atoms. The second kappa shape index (κ2) is 3.13. The molecule has 1 aromatic rings. The first-order chi connectivity index (χ1) is 5.79. The SMILES string of the molecule is Clc1ccc2c(c1Cl)COCO2.